The molecule has 0 aliphatic rings. The number of nitrogens with zero attached hydrogens (tertiary/aromatic N) is 1. The zero-order valence-electron chi connectivity index (χ0n) is 6.32. The van der Waals surface area contributed by atoms with E-state index in [0.717, 1.165) is 25.1 Å². The highest BCUT2D eigenvalue weighted by atomic mass is 35.5. The summed E-state index contributed by atoms with van der Waals surface area (Å²) in [6.45, 7) is 2.13. The molecule has 0 spiro atoms. The molecule has 0 atom stereocenters. The zero-order valence-corrected chi connectivity index (χ0v) is 7.84. The van der Waals surface area contributed by atoms with E-state index in [0.29, 0.717) is 10.3 Å². The number of rotatable bonds is 3. The van der Waals surface area contributed by atoms with Gasteiger partial charge in [-0.3, -0.25) is 0 Å². The van der Waals surface area contributed by atoms with Crippen molar-refractivity contribution >= 4 is 23.2 Å². The topological polar surface area (TPSA) is 28.7 Å². The van der Waals surface area contributed by atoms with Gasteiger partial charge >= 0.3 is 0 Å². The minimum atomic E-state index is 0.373. The fraction of sp³-hybridized carbons (Fsp3) is 0.571. The van der Waals surface area contributed by atoms with Gasteiger partial charge in [0.1, 0.15) is 11.0 Å². The van der Waals surface area contributed by atoms with Gasteiger partial charge in [-0.05, 0) is 6.42 Å². The van der Waals surface area contributed by atoms with Crippen molar-refractivity contribution in [2.24, 2.45) is 0 Å². The van der Waals surface area contributed by atoms with Crippen molar-refractivity contribution in [1.29, 1.82) is 0 Å². The molecule has 1 rings (SSSR count). The van der Waals surface area contributed by atoms with Crippen LogP contribution >= 0.6 is 23.2 Å². The number of hydrogen-bond acceptors (Lipinski definition) is 1. The van der Waals surface area contributed by atoms with Gasteiger partial charge in [-0.25, -0.2) is 4.98 Å². The molecule has 0 saturated heterocycles. The van der Waals surface area contributed by atoms with Crippen molar-refractivity contribution in [1.82, 2.24) is 9.97 Å². The molecule has 11 heavy (non-hydrogen) atoms. The minimum absolute atomic E-state index is 0.373. The molecule has 1 aromatic rings. The monoisotopic (exact) mass is 192 g/mol. The summed E-state index contributed by atoms with van der Waals surface area (Å²) in [5.41, 5.74) is 0. The van der Waals surface area contributed by atoms with E-state index in [1.54, 1.807) is 0 Å². The summed E-state index contributed by atoms with van der Waals surface area (Å²) in [5.74, 6) is 0.877. The first-order valence-electron chi connectivity index (χ1n) is 3.64. The highest BCUT2D eigenvalue weighted by Crippen LogP contribution is 2.18. The van der Waals surface area contributed by atoms with E-state index in [4.69, 9.17) is 23.2 Å². The lowest BCUT2D eigenvalue weighted by molar-refractivity contribution is 0.762. The van der Waals surface area contributed by atoms with E-state index in [-0.39, 0.29) is 0 Å². The predicted molar refractivity (Wildman–Crippen MR) is 47.2 cm³/mol. The number of halogens is 2. The van der Waals surface area contributed by atoms with Gasteiger partial charge in [0.15, 0.2) is 5.15 Å². The molecule has 0 bridgehead atoms. The molecular weight excluding hydrogens is 183 g/mol. The summed E-state index contributed by atoms with van der Waals surface area (Å²) in [6, 6.07) is 0. The van der Waals surface area contributed by atoms with Gasteiger partial charge in [-0.15, -0.1) is 0 Å². The summed E-state index contributed by atoms with van der Waals surface area (Å²) in [5, 5.41) is 0.815. The molecule has 2 nitrogen and oxygen atoms in total. The lowest BCUT2D eigenvalue weighted by Crippen LogP contribution is -1.86. The fourth-order valence-electron chi connectivity index (χ4n) is 0.836. The standard InChI is InChI=1S/C7H10Cl2N2/c1-2-3-4-5-10-6(8)7(9)11-5/h2-4H2,1H3,(H,10,11). The molecule has 62 valence electrons. The summed E-state index contributed by atoms with van der Waals surface area (Å²) in [7, 11) is 0. The first-order valence-corrected chi connectivity index (χ1v) is 4.39. The van der Waals surface area contributed by atoms with Crippen LogP contribution in [0.5, 0.6) is 0 Å². The number of aryl methyl sites for hydroxylation is 1. The van der Waals surface area contributed by atoms with Crippen LogP contribution in [0.2, 0.25) is 10.3 Å². The molecule has 0 unspecified atom stereocenters. The van der Waals surface area contributed by atoms with E-state index in [2.05, 4.69) is 16.9 Å². The third-order valence-corrected chi connectivity index (χ3v) is 2.08. The molecule has 0 fully saturated rings. The number of imidazole rings is 1. The number of aromatic nitrogens is 2. The normalized spacial score (nSPS) is 10.5. The van der Waals surface area contributed by atoms with Gasteiger partial charge < -0.3 is 4.98 Å². The Morgan fingerprint density at radius 2 is 2.18 bits per heavy atom. The second-order valence-electron chi connectivity index (χ2n) is 2.39. The molecule has 0 amide bonds. The van der Waals surface area contributed by atoms with Crippen LogP contribution in [0.1, 0.15) is 25.6 Å². The summed E-state index contributed by atoms with van der Waals surface area (Å²) >= 11 is 11.3. The molecule has 0 aliphatic carbocycles. The van der Waals surface area contributed by atoms with Crippen LogP contribution in [0.3, 0.4) is 0 Å². The number of H-pyrrole nitrogens is 1. The number of hydrogen-bond donors (Lipinski definition) is 1. The molecule has 4 heteroatoms. The maximum absolute atomic E-state index is 5.66. The Bertz CT molecular complexity index is 213. The molecular formula is C7H10Cl2N2. The molecule has 1 N–H and O–H groups in total. The van der Waals surface area contributed by atoms with Crippen molar-refractivity contribution in [3.63, 3.8) is 0 Å². The van der Waals surface area contributed by atoms with Crippen molar-refractivity contribution < 1.29 is 0 Å². The molecule has 0 saturated carbocycles. The molecule has 0 aliphatic heterocycles. The summed E-state index contributed by atoms with van der Waals surface area (Å²) in [6.07, 6.45) is 3.18. The van der Waals surface area contributed by atoms with E-state index in [9.17, 15) is 0 Å². The van der Waals surface area contributed by atoms with Crippen LogP contribution in [0.25, 0.3) is 0 Å². The van der Waals surface area contributed by atoms with E-state index in [1.165, 1.54) is 0 Å². The quantitative estimate of drug-likeness (QED) is 0.784. The van der Waals surface area contributed by atoms with Crippen LogP contribution in [0.15, 0.2) is 0 Å². The number of nitrogens with one attached hydrogen (secondary N) is 1. The Balaban J connectivity index is 2.58. The number of unbranched alkanes of at least 4 members (excludes halogenated alkanes) is 1. The maximum atomic E-state index is 5.66. The lowest BCUT2D eigenvalue weighted by Gasteiger charge is -1.90. The van der Waals surface area contributed by atoms with E-state index >= 15 is 0 Å². The summed E-state index contributed by atoms with van der Waals surface area (Å²) in [4.78, 5) is 6.93. The van der Waals surface area contributed by atoms with Gasteiger partial charge in [-0.1, -0.05) is 36.5 Å². The Morgan fingerprint density at radius 1 is 1.45 bits per heavy atom. The zero-order chi connectivity index (χ0) is 8.27. The average molecular weight is 193 g/mol. The molecule has 0 radical (unpaired) electrons. The van der Waals surface area contributed by atoms with Gasteiger partial charge in [0.05, 0.1) is 0 Å². The van der Waals surface area contributed by atoms with Crippen LogP contribution < -0.4 is 0 Å². The fourth-order valence-corrected chi connectivity index (χ4v) is 1.14. The lowest BCUT2D eigenvalue weighted by atomic mass is 10.2. The van der Waals surface area contributed by atoms with E-state index in [1.807, 2.05) is 0 Å². The van der Waals surface area contributed by atoms with Crippen molar-refractivity contribution in [3.8, 4) is 0 Å². The van der Waals surface area contributed by atoms with Gasteiger partial charge in [0.25, 0.3) is 0 Å². The molecule has 1 heterocycles. The highest BCUT2D eigenvalue weighted by molar-refractivity contribution is 6.40. The largest absolute Gasteiger partial charge is 0.332 e. The van der Waals surface area contributed by atoms with Gasteiger partial charge in [0.2, 0.25) is 0 Å². The second-order valence-corrected chi connectivity index (χ2v) is 3.13. The highest BCUT2D eigenvalue weighted by Gasteiger charge is 2.03. The Kier molecular flexibility index (Phi) is 3.21. The molecule has 0 aromatic carbocycles. The van der Waals surface area contributed by atoms with Crippen molar-refractivity contribution in [2.75, 3.05) is 0 Å². The van der Waals surface area contributed by atoms with Gasteiger partial charge in [0, 0.05) is 6.42 Å². The predicted octanol–water partition coefficient (Wildman–Crippen LogP) is 3.06. The summed E-state index contributed by atoms with van der Waals surface area (Å²) < 4.78 is 0. The van der Waals surface area contributed by atoms with Crippen molar-refractivity contribution in [3.05, 3.63) is 16.1 Å². The second kappa shape index (κ2) is 3.98. The third-order valence-electron chi connectivity index (χ3n) is 1.44. The minimum Gasteiger partial charge on any atom is -0.332 e. The first-order chi connectivity index (χ1) is 5.24. The smallest absolute Gasteiger partial charge is 0.166 e. The average Bonchev–Trinajstić information content (AvgIpc) is 2.28. The van der Waals surface area contributed by atoms with Crippen LogP contribution in [0.4, 0.5) is 0 Å². The number of aromatic amines is 1. The first kappa shape index (κ1) is 8.88. The maximum Gasteiger partial charge on any atom is 0.166 e. The Morgan fingerprint density at radius 3 is 2.64 bits per heavy atom. The third kappa shape index (κ3) is 2.38. The van der Waals surface area contributed by atoms with Crippen LogP contribution in [-0.4, -0.2) is 9.97 Å². The van der Waals surface area contributed by atoms with E-state index < -0.39 is 0 Å². The van der Waals surface area contributed by atoms with Gasteiger partial charge in [-0.2, -0.15) is 0 Å². The Hall–Kier alpha value is -0.210. The molecule has 1 aromatic heterocycles. The van der Waals surface area contributed by atoms with Crippen LogP contribution in [-0.2, 0) is 6.42 Å². The van der Waals surface area contributed by atoms with Crippen molar-refractivity contribution in [2.45, 2.75) is 26.2 Å². The Labute approximate surface area is 75.9 Å². The SMILES string of the molecule is CCCCc1nc(Cl)c(Cl)[nH]1. The van der Waals surface area contributed by atoms with Crippen LogP contribution in [0, 0.1) is 0 Å².